The topological polar surface area (TPSA) is 95.9 Å². The highest BCUT2D eigenvalue weighted by Gasteiger charge is 2.67. The van der Waals surface area contributed by atoms with E-state index in [2.05, 4.69) is 5.32 Å². The first-order chi connectivity index (χ1) is 11.4. The van der Waals surface area contributed by atoms with Gasteiger partial charge in [-0.25, -0.2) is 0 Å². The van der Waals surface area contributed by atoms with Gasteiger partial charge in [0.25, 0.3) is 0 Å². The van der Waals surface area contributed by atoms with Crippen LogP contribution in [0, 0.1) is 11.8 Å². The van der Waals surface area contributed by atoms with Crippen LogP contribution in [0.25, 0.3) is 0 Å². The van der Waals surface area contributed by atoms with Gasteiger partial charge in [0.05, 0.1) is 18.6 Å². The van der Waals surface area contributed by atoms with Crippen LogP contribution in [0.4, 0.5) is 11.4 Å². The number of fused-ring (bicyclic) bond motifs is 1. The fourth-order valence-corrected chi connectivity index (χ4v) is 3.93. The van der Waals surface area contributed by atoms with Crippen LogP contribution in [0.2, 0.25) is 0 Å². The van der Waals surface area contributed by atoms with Gasteiger partial charge in [0.15, 0.2) is 0 Å². The van der Waals surface area contributed by atoms with Crippen LogP contribution in [0.1, 0.15) is 6.92 Å². The van der Waals surface area contributed by atoms with Crippen molar-refractivity contribution >= 4 is 29.2 Å². The van der Waals surface area contributed by atoms with Crippen molar-refractivity contribution in [1.29, 1.82) is 0 Å². The number of aliphatic carboxylic acids is 1. The lowest BCUT2D eigenvalue weighted by molar-refractivity contribution is -0.146. The van der Waals surface area contributed by atoms with Gasteiger partial charge in [0, 0.05) is 18.3 Å². The van der Waals surface area contributed by atoms with E-state index in [0.29, 0.717) is 17.9 Å². The minimum atomic E-state index is -1.01. The van der Waals surface area contributed by atoms with E-state index in [4.69, 9.17) is 4.74 Å². The molecule has 0 aliphatic carbocycles. The predicted molar refractivity (Wildman–Crippen MR) is 84.5 cm³/mol. The maximum atomic E-state index is 12.8. The molecular weight excluding hydrogens is 312 g/mol. The van der Waals surface area contributed by atoms with Gasteiger partial charge in [-0.2, -0.15) is 0 Å². The Balaban J connectivity index is 1.63. The monoisotopic (exact) mass is 328 g/mol. The van der Waals surface area contributed by atoms with E-state index in [-0.39, 0.29) is 11.8 Å². The quantitative estimate of drug-likeness (QED) is 0.808. The molecule has 7 nitrogen and oxygen atoms in total. The smallest absolute Gasteiger partial charge is 0.310 e. The van der Waals surface area contributed by atoms with Crippen molar-refractivity contribution in [3.05, 3.63) is 36.4 Å². The number of carboxylic acid groups (broad SMARTS) is 1. The molecule has 2 N–H and O–H groups in total. The summed E-state index contributed by atoms with van der Waals surface area (Å²) in [5.41, 5.74) is 0.445. The highest BCUT2D eigenvalue weighted by atomic mass is 16.5. The minimum absolute atomic E-state index is 0.173. The Bertz CT molecular complexity index is 772. The summed E-state index contributed by atoms with van der Waals surface area (Å²) in [7, 11) is 0. The number of carbonyl (C=O) groups is 3. The van der Waals surface area contributed by atoms with Crippen LogP contribution < -0.4 is 10.2 Å². The highest BCUT2D eigenvalue weighted by molar-refractivity contribution is 6.02. The largest absolute Gasteiger partial charge is 0.481 e. The number of benzene rings is 1. The molecule has 1 spiro atoms. The van der Waals surface area contributed by atoms with Crippen molar-refractivity contribution in [2.24, 2.45) is 11.8 Å². The standard InChI is InChI=1S/C17H16N2O5/c1-9(20)18-10-2-4-11(5-3-10)19-8-17-7-6-12(24-17)13(16(22)23)14(17)15(19)21/h2-7,12-14H,8H2,1H3,(H,18,20)(H,22,23)/t12-,13-,14+,17+/m0/s1. The third kappa shape index (κ3) is 1.98. The molecule has 4 rings (SSSR count). The molecule has 0 saturated carbocycles. The molecule has 3 aliphatic heterocycles. The van der Waals surface area contributed by atoms with Gasteiger partial charge in [-0.1, -0.05) is 12.2 Å². The van der Waals surface area contributed by atoms with E-state index in [1.54, 1.807) is 35.2 Å². The number of amides is 2. The molecule has 2 saturated heterocycles. The minimum Gasteiger partial charge on any atom is -0.481 e. The van der Waals surface area contributed by atoms with E-state index >= 15 is 0 Å². The first kappa shape index (κ1) is 14.9. The number of nitrogens with one attached hydrogen (secondary N) is 1. The Labute approximate surface area is 137 Å². The summed E-state index contributed by atoms with van der Waals surface area (Å²) in [5.74, 6) is -2.95. The zero-order valence-corrected chi connectivity index (χ0v) is 12.9. The predicted octanol–water partition coefficient (Wildman–Crippen LogP) is 1.02. The van der Waals surface area contributed by atoms with Crippen molar-refractivity contribution in [2.45, 2.75) is 18.6 Å². The van der Waals surface area contributed by atoms with Crippen LogP contribution in [-0.4, -0.2) is 41.1 Å². The molecule has 2 amide bonds. The third-order valence-corrected chi connectivity index (χ3v) is 4.88. The summed E-state index contributed by atoms with van der Waals surface area (Å²) in [4.78, 5) is 37.0. The second-order valence-corrected chi connectivity index (χ2v) is 6.39. The average molecular weight is 328 g/mol. The Morgan fingerprint density at radius 2 is 2.04 bits per heavy atom. The van der Waals surface area contributed by atoms with Gasteiger partial charge >= 0.3 is 5.97 Å². The molecule has 124 valence electrons. The lowest BCUT2D eigenvalue weighted by Gasteiger charge is -2.21. The average Bonchev–Trinajstić information content (AvgIpc) is 3.16. The molecule has 7 heteroatoms. The molecule has 4 atom stereocenters. The number of hydrogen-bond acceptors (Lipinski definition) is 4. The van der Waals surface area contributed by atoms with Crippen molar-refractivity contribution in [2.75, 3.05) is 16.8 Å². The summed E-state index contributed by atoms with van der Waals surface area (Å²) >= 11 is 0. The third-order valence-electron chi connectivity index (χ3n) is 4.88. The molecular formula is C17H16N2O5. The zero-order valence-electron chi connectivity index (χ0n) is 12.9. The van der Waals surface area contributed by atoms with Gasteiger partial charge in [-0.3, -0.25) is 14.4 Å². The Morgan fingerprint density at radius 1 is 1.33 bits per heavy atom. The van der Waals surface area contributed by atoms with Crippen molar-refractivity contribution < 1.29 is 24.2 Å². The maximum absolute atomic E-state index is 12.8. The molecule has 0 radical (unpaired) electrons. The van der Waals surface area contributed by atoms with Gasteiger partial charge < -0.3 is 20.1 Å². The van der Waals surface area contributed by atoms with Gasteiger partial charge in [-0.05, 0) is 24.3 Å². The van der Waals surface area contributed by atoms with E-state index in [1.165, 1.54) is 6.92 Å². The zero-order chi connectivity index (χ0) is 17.1. The Morgan fingerprint density at radius 3 is 2.67 bits per heavy atom. The van der Waals surface area contributed by atoms with E-state index in [9.17, 15) is 19.5 Å². The van der Waals surface area contributed by atoms with E-state index in [0.717, 1.165) is 0 Å². The molecule has 0 unspecified atom stereocenters. The fourth-order valence-electron chi connectivity index (χ4n) is 3.93. The van der Waals surface area contributed by atoms with Crippen LogP contribution in [0.15, 0.2) is 36.4 Å². The first-order valence-electron chi connectivity index (χ1n) is 7.70. The van der Waals surface area contributed by atoms with Crippen LogP contribution >= 0.6 is 0 Å². The van der Waals surface area contributed by atoms with E-state index < -0.39 is 29.5 Å². The van der Waals surface area contributed by atoms with Crippen molar-refractivity contribution in [3.63, 3.8) is 0 Å². The Hall–Kier alpha value is -2.67. The molecule has 1 aromatic rings. The van der Waals surface area contributed by atoms with Crippen LogP contribution in [-0.2, 0) is 19.1 Å². The fraction of sp³-hybridized carbons (Fsp3) is 0.353. The summed E-state index contributed by atoms with van der Waals surface area (Å²) in [6, 6.07) is 6.87. The van der Waals surface area contributed by atoms with Gasteiger partial charge in [0.2, 0.25) is 11.8 Å². The Kier molecular flexibility index (Phi) is 3.05. The number of carbonyl (C=O) groups excluding carboxylic acids is 2. The highest BCUT2D eigenvalue weighted by Crippen LogP contribution is 2.52. The summed E-state index contributed by atoms with van der Waals surface area (Å²) < 4.78 is 5.84. The summed E-state index contributed by atoms with van der Waals surface area (Å²) in [5, 5.41) is 12.1. The van der Waals surface area contributed by atoms with Crippen molar-refractivity contribution in [3.8, 4) is 0 Å². The summed E-state index contributed by atoms with van der Waals surface area (Å²) in [6.45, 7) is 1.72. The number of hydrogen-bond donors (Lipinski definition) is 2. The molecule has 1 aromatic carbocycles. The molecule has 2 fully saturated rings. The summed E-state index contributed by atoms with van der Waals surface area (Å²) in [6.07, 6.45) is 3.04. The van der Waals surface area contributed by atoms with Crippen LogP contribution in [0.3, 0.4) is 0 Å². The molecule has 24 heavy (non-hydrogen) atoms. The number of nitrogens with zero attached hydrogens (tertiary/aromatic N) is 1. The molecule has 3 aliphatic rings. The molecule has 0 aromatic heterocycles. The number of rotatable bonds is 3. The SMILES string of the molecule is CC(=O)Nc1ccc(N2C[C@@]34C=C[C@H](O3)[C@H](C(=O)O)[C@@H]4C2=O)cc1. The van der Waals surface area contributed by atoms with Gasteiger partial charge in [-0.15, -0.1) is 0 Å². The second-order valence-electron chi connectivity index (χ2n) is 6.39. The number of ether oxygens (including phenoxy) is 1. The van der Waals surface area contributed by atoms with Crippen LogP contribution in [0.5, 0.6) is 0 Å². The molecule has 2 bridgehead atoms. The number of anilines is 2. The van der Waals surface area contributed by atoms with E-state index in [1.807, 2.05) is 6.08 Å². The maximum Gasteiger partial charge on any atom is 0.310 e. The lowest BCUT2D eigenvalue weighted by Crippen LogP contribution is -2.39. The van der Waals surface area contributed by atoms with Gasteiger partial charge in [0.1, 0.15) is 11.5 Å². The first-order valence-corrected chi connectivity index (χ1v) is 7.70. The number of carboxylic acids is 1. The lowest BCUT2D eigenvalue weighted by atomic mass is 9.77. The molecule has 3 heterocycles. The van der Waals surface area contributed by atoms with Crippen molar-refractivity contribution in [1.82, 2.24) is 0 Å². The normalized spacial score (nSPS) is 33.0. The second kappa shape index (κ2) is 4.91.